The van der Waals surface area contributed by atoms with Gasteiger partial charge in [0.2, 0.25) is 5.91 Å². The molecule has 1 amide bonds. The van der Waals surface area contributed by atoms with Crippen LogP contribution in [0.2, 0.25) is 0 Å². The molecule has 0 aliphatic heterocycles. The molecule has 1 aromatic heterocycles. The van der Waals surface area contributed by atoms with Gasteiger partial charge in [-0.15, -0.1) is 0 Å². The average Bonchev–Trinajstić information content (AvgIpc) is 2.71. The Kier molecular flexibility index (Phi) is 8.19. The van der Waals surface area contributed by atoms with E-state index in [2.05, 4.69) is 15.6 Å². The predicted octanol–water partition coefficient (Wildman–Crippen LogP) is 5.76. The van der Waals surface area contributed by atoms with Crippen LogP contribution in [0.4, 0.5) is 23.2 Å². The van der Waals surface area contributed by atoms with E-state index in [0.29, 0.717) is 28.9 Å². The van der Waals surface area contributed by atoms with Crippen molar-refractivity contribution in [2.24, 2.45) is 5.92 Å². The van der Waals surface area contributed by atoms with Gasteiger partial charge in [0.1, 0.15) is 11.5 Å². The first-order valence-electron chi connectivity index (χ1n) is 10.1. The molecule has 8 heteroatoms. The number of carbonyl (C=O) groups excluding carboxylic acids is 1. The highest BCUT2D eigenvalue weighted by Crippen LogP contribution is 2.29. The first-order chi connectivity index (χ1) is 14.5. The van der Waals surface area contributed by atoms with Gasteiger partial charge in [-0.25, -0.2) is 9.37 Å². The van der Waals surface area contributed by atoms with E-state index in [1.807, 2.05) is 13.8 Å². The van der Waals surface area contributed by atoms with Crippen molar-refractivity contribution < 1.29 is 22.4 Å². The molecule has 0 spiro atoms. The summed E-state index contributed by atoms with van der Waals surface area (Å²) in [5, 5.41) is 5.45. The van der Waals surface area contributed by atoms with Gasteiger partial charge >= 0.3 is 6.18 Å². The zero-order valence-electron chi connectivity index (χ0n) is 18.0. The molecule has 0 aliphatic rings. The molecule has 0 saturated carbocycles. The number of hydrogen-bond donors (Lipinski definition) is 2. The van der Waals surface area contributed by atoms with Gasteiger partial charge in [0.25, 0.3) is 0 Å². The quantitative estimate of drug-likeness (QED) is 0.408. The SMILES string of the molecule is CCC(C)Cc1nc(C(F)(F)F)ccc1/C=C/C(=O)NC(C)c1ccc(NC)c(F)c1. The molecule has 4 nitrogen and oxygen atoms in total. The van der Waals surface area contributed by atoms with Crippen LogP contribution in [0.3, 0.4) is 0 Å². The lowest BCUT2D eigenvalue weighted by molar-refractivity contribution is -0.141. The minimum atomic E-state index is -4.53. The van der Waals surface area contributed by atoms with Crippen LogP contribution in [0.25, 0.3) is 6.08 Å². The number of aromatic nitrogens is 1. The lowest BCUT2D eigenvalue weighted by atomic mass is 9.98. The molecular formula is C23H27F4N3O. The highest BCUT2D eigenvalue weighted by molar-refractivity contribution is 5.92. The molecule has 2 unspecified atom stereocenters. The van der Waals surface area contributed by atoms with Crippen LogP contribution < -0.4 is 10.6 Å². The number of alkyl halides is 3. The predicted molar refractivity (Wildman–Crippen MR) is 114 cm³/mol. The molecule has 1 heterocycles. The summed E-state index contributed by atoms with van der Waals surface area (Å²) in [6, 6.07) is 6.40. The molecule has 2 aromatic rings. The molecule has 168 valence electrons. The molecule has 0 saturated heterocycles. The second kappa shape index (κ2) is 10.4. The highest BCUT2D eigenvalue weighted by atomic mass is 19.4. The largest absolute Gasteiger partial charge is 0.433 e. The zero-order valence-corrected chi connectivity index (χ0v) is 18.0. The van der Waals surface area contributed by atoms with E-state index < -0.39 is 29.6 Å². The van der Waals surface area contributed by atoms with Crippen molar-refractivity contribution in [2.45, 2.75) is 45.8 Å². The minimum Gasteiger partial charge on any atom is -0.386 e. The van der Waals surface area contributed by atoms with Gasteiger partial charge in [-0.3, -0.25) is 4.79 Å². The van der Waals surface area contributed by atoms with Gasteiger partial charge < -0.3 is 10.6 Å². The Hall–Kier alpha value is -2.90. The van der Waals surface area contributed by atoms with Crippen LogP contribution in [-0.2, 0) is 17.4 Å². The Labute approximate surface area is 179 Å². The van der Waals surface area contributed by atoms with Gasteiger partial charge in [-0.1, -0.05) is 32.4 Å². The second-order valence-electron chi connectivity index (χ2n) is 7.50. The standard InChI is InChI=1S/C23H27F4N3O/c1-5-14(2)12-20-16(7-10-21(30-20)23(25,26)27)8-11-22(31)29-15(3)17-6-9-19(28-4)18(24)13-17/h6-11,13-15,28H,5,12H2,1-4H3,(H,29,31)/b11-8+. The van der Waals surface area contributed by atoms with E-state index in [4.69, 9.17) is 0 Å². The number of halogens is 4. The van der Waals surface area contributed by atoms with Crippen molar-refractivity contribution in [1.29, 1.82) is 0 Å². The molecule has 2 N–H and O–H groups in total. The van der Waals surface area contributed by atoms with Crippen LogP contribution >= 0.6 is 0 Å². The fourth-order valence-corrected chi connectivity index (χ4v) is 2.97. The van der Waals surface area contributed by atoms with Crippen LogP contribution in [0.15, 0.2) is 36.4 Å². The second-order valence-corrected chi connectivity index (χ2v) is 7.50. The van der Waals surface area contributed by atoms with Crippen molar-refractivity contribution in [3.05, 3.63) is 64.7 Å². The van der Waals surface area contributed by atoms with Crippen molar-refractivity contribution in [1.82, 2.24) is 10.3 Å². The Morgan fingerprint density at radius 2 is 1.90 bits per heavy atom. The maximum atomic E-state index is 13.9. The van der Waals surface area contributed by atoms with Gasteiger partial charge in [0, 0.05) is 18.8 Å². The van der Waals surface area contributed by atoms with Crippen LogP contribution in [0.5, 0.6) is 0 Å². The summed E-state index contributed by atoms with van der Waals surface area (Å²) in [5.74, 6) is -0.727. The van der Waals surface area contributed by atoms with Gasteiger partial charge in [0.15, 0.2) is 0 Å². The van der Waals surface area contributed by atoms with Crippen molar-refractivity contribution in [3.8, 4) is 0 Å². The van der Waals surface area contributed by atoms with Crippen molar-refractivity contribution >= 4 is 17.7 Å². The number of nitrogens with zero attached hydrogens (tertiary/aromatic N) is 1. The molecule has 0 fully saturated rings. The number of benzene rings is 1. The summed E-state index contributed by atoms with van der Waals surface area (Å²) in [4.78, 5) is 16.1. The van der Waals surface area contributed by atoms with E-state index >= 15 is 0 Å². The fourth-order valence-electron chi connectivity index (χ4n) is 2.97. The number of carbonyl (C=O) groups is 1. The topological polar surface area (TPSA) is 54.0 Å². The summed E-state index contributed by atoms with van der Waals surface area (Å²) < 4.78 is 53.1. The molecule has 0 radical (unpaired) electrons. The number of nitrogens with one attached hydrogen (secondary N) is 2. The lowest BCUT2D eigenvalue weighted by Gasteiger charge is -2.15. The highest BCUT2D eigenvalue weighted by Gasteiger charge is 2.33. The van der Waals surface area contributed by atoms with Gasteiger partial charge in [-0.2, -0.15) is 13.2 Å². The molecule has 0 bridgehead atoms. The smallest absolute Gasteiger partial charge is 0.386 e. The van der Waals surface area contributed by atoms with E-state index in [-0.39, 0.29) is 5.92 Å². The first-order valence-corrected chi connectivity index (χ1v) is 10.1. The summed E-state index contributed by atoms with van der Waals surface area (Å²) in [7, 11) is 1.61. The third-order valence-electron chi connectivity index (χ3n) is 5.07. The Bertz CT molecular complexity index is 941. The molecule has 0 aliphatic carbocycles. The molecule has 1 aromatic carbocycles. The zero-order chi connectivity index (χ0) is 23.2. The molecular weight excluding hydrogens is 410 g/mol. The number of amides is 1. The van der Waals surface area contributed by atoms with E-state index in [1.165, 1.54) is 24.3 Å². The summed E-state index contributed by atoms with van der Waals surface area (Å²) in [5.41, 5.74) is 0.748. The van der Waals surface area contributed by atoms with Crippen molar-refractivity contribution in [2.75, 3.05) is 12.4 Å². The lowest BCUT2D eigenvalue weighted by Crippen LogP contribution is -2.24. The maximum absolute atomic E-state index is 13.9. The van der Waals surface area contributed by atoms with E-state index in [9.17, 15) is 22.4 Å². The van der Waals surface area contributed by atoms with Crippen LogP contribution in [-0.4, -0.2) is 17.9 Å². The summed E-state index contributed by atoms with van der Waals surface area (Å²) in [6.45, 7) is 5.60. The monoisotopic (exact) mass is 437 g/mol. The number of hydrogen-bond acceptors (Lipinski definition) is 3. The Balaban J connectivity index is 2.17. The van der Waals surface area contributed by atoms with E-state index in [1.54, 1.807) is 26.1 Å². The third kappa shape index (κ3) is 6.80. The molecule has 31 heavy (non-hydrogen) atoms. The van der Waals surface area contributed by atoms with Crippen molar-refractivity contribution in [3.63, 3.8) is 0 Å². The van der Waals surface area contributed by atoms with Crippen LogP contribution in [0, 0.1) is 11.7 Å². The Morgan fingerprint density at radius 1 is 1.19 bits per heavy atom. The average molecular weight is 437 g/mol. The maximum Gasteiger partial charge on any atom is 0.433 e. The molecule has 2 rings (SSSR count). The third-order valence-corrected chi connectivity index (χ3v) is 5.07. The molecule has 2 atom stereocenters. The summed E-state index contributed by atoms with van der Waals surface area (Å²) in [6.07, 6.45) is -0.661. The first kappa shape index (κ1) is 24.4. The minimum absolute atomic E-state index is 0.146. The summed E-state index contributed by atoms with van der Waals surface area (Å²) >= 11 is 0. The normalized spacial score (nSPS) is 13.8. The van der Waals surface area contributed by atoms with Gasteiger partial charge in [-0.05, 0) is 54.7 Å². The number of rotatable bonds is 8. The number of pyridine rings is 1. The Morgan fingerprint density at radius 3 is 2.48 bits per heavy atom. The van der Waals surface area contributed by atoms with Gasteiger partial charge in [0.05, 0.1) is 11.7 Å². The van der Waals surface area contributed by atoms with Crippen LogP contribution in [0.1, 0.15) is 55.7 Å². The number of anilines is 1. The fraction of sp³-hybridized carbons (Fsp3) is 0.391. The van der Waals surface area contributed by atoms with E-state index in [0.717, 1.165) is 12.5 Å².